The summed E-state index contributed by atoms with van der Waals surface area (Å²) in [4.78, 5) is 0. The van der Waals surface area contributed by atoms with E-state index in [1.165, 1.54) is 0 Å². The number of nitrogens with one attached hydrogen (secondary N) is 1. The number of anilines is 2. The van der Waals surface area contributed by atoms with Crippen molar-refractivity contribution in [2.24, 2.45) is 0 Å². The van der Waals surface area contributed by atoms with Crippen LogP contribution in [0.25, 0.3) is 0 Å². The fourth-order valence-corrected chi connectivity index (χ4v) is 1.12. The minimum Gasteiger partial charge on any atom is -0.495 e. The van der Waals surface area contributed by atoms with Crippen molar-refractivity contribution in [3.05, 3.63) is 18.2 Å². The van der Waals surface area contributed by atoms with E-state index in [4.69, 9.17) is 15.2 Å². The van der Waals surface area contributed by atoms with Crippen LogP contribution in [0.4, 0.5) is 11.4 Å². The summed E-state index contributed by atoms with van der Waals surface area (Å²) in [5, 5.41) is 3.19. The van der Waals surface area contributed by atoms with Crippen molar-refractivity contribution in [2.45, 2.75) is 0 Å². The molecule has 0 fully saturated rings. The van der Waals surface area contributed by atoms with E-state index >= 15 is 0 Å². The molecule has 3 N–H and O–H groups in total. The molecule has 0 saturated carbocycles. The van der Waals surface area contributed by atoms with Crippen molar-refractivity contribution in [3.8, 4) is 5.75 Å². The standard InChI is InChI=1S/C10H16N2O2/c1-13-6-5-12-8-3-4-9(11)10(7-8)14-2/h3-4,7,12H,5-6,11H2,1-2H3. The molecular formula is C10H16N2O2. The lowest BCUT2D eigenvalue weighted by Gasteiger charge is -2.09. The van der Waals surface area contributed by atoms with E-state index in [0.717, 1.165) is 12.2 Å². The van der Waals surface area contributed by atoms with Gasteiger partial charge in [-0.2, -0.15) is 0 Å². The molecule has 1 aromatic carbocycles. The first kappa shape index (κ1) is 10.7. The van der Waals surface area contributed by atoms with Crippen LogP contribution >= 0.6 is 0 Å². The molecule has 14 heavy (non-hydrogen) atoms. The average Bonchev–Trinajstić information content (AvgIpc) is 2.21. The first-order chi connectivity index (χ1) is 6.77. The number of nitrogen functional groups attached to an aromatic ring is 1. The Morgan fingerprint density at radius 1 is 1.36 bits per heavy atom. The molecule has 0 aliphatic rings. The lowest BCUT2D eigenvalue weighted by atomic mass is 10.2. The van der Waals surface area contributed by atoms with E-state index in [9.17, 15) is 0 Å². The Labute approximate surface area is 84.0 Å². The van der Waals surface area contributed by atoms with E-state index in [1.807, 2.05) is 18.2 Å². The fraction of sp³-hybridized carbons (Fsp3) is 0.400. The van der Waals surface area contributed by atoms with Crippen molar-refractivity contribution in [2.75, 3.05) is 38.4 Å². The highest BCUT2D eigenvalue weighted by Crippen LogP contribution is 2.24. The molecule has 0 heterocycles. The van der Waals surface area contributed by atoms with Gasteiger partial charge in [0.05, 0.1) is 19.4 Å². The minimum atomic E-state index is 0.643. The summed E-state index contributed by atoms with van der Waals surface area (Å²) < 4.78 is 10.0. The first-order valence-corrected chi connectivity index (χ1v) is 4.44. The molecule has 0 bridgehead atoms. The molecule has 0 aliphatic carbocycles. The van der Waals surface area contributed by atoms with Crippen LogP contribution in [0.1, 0.15) is 0 Å². The topological polar surface area (TPSA) is 56.5 Å². The van der Waals surface area contributed by atoms with Crippen molar-refractivity contribution in [1.82, 2.24) is 0 Å². The number of hydrogen-bond acceptors (Lipinski definition) is 4. The molecule has 0 unspecified atom stereocenters. The lowest BCUT2D eigenvalue weighted by molar-refractivity contribution is 0.211. The molecule has 78 valence electrons. The highest BCUT2D eigenvalue weighted by atomic mass is 16.5. The second-order valence-electron chi connectivity index (χ2n) is 2.88. The first-order valence-electron chi connectivity index (χ1n) is 4.44. The third-order valence-electron chi connectivity index (χ3n) is 1.87. The van der Waals surface area contributed by atoms with Gasteiger partial charge in [-0.15, -0.1) is 0 Å². The molecule has 0 spiro atoms. The summed E-state index contributed by atoms with van der Waals surface area (Å²) in [5.41, 5.74) is 7.30. The van der Waals surface area contributed by atoms with Crippen LogP contribution in [0.5, 0.6) is 5.75 Å². The van der Waals surface area contributed by atoms with E-state index in [-0.39, 0.29) is 0 Å². The van der Waals surface area contributed by atoms with Gasteiger partial charge in [-0.25, -0.2) is 0 Å². The van der Waals surface area contributed by atoms with Gasteiger partial charge in [0.1, 0.15) is 5.75 Å². The molecule has 0 amide bonds. The van der Waals surface area contributed by atoms with Crippen LogP contribution in [0.15, 0.2) is 18.2 Å². The zero-order valence-corrected chi connectivity index (χ0v) is 8.54. The third kappa shape index (κ3) is 2.81. The summed E-state index contributed by atoms with van der Waals surface area (Å²) in [7, 11) is 3.27. The quantitative estimate of drug-likeness (QED) is 0.551. The van der Waals surface area contributed by atoms with Gasteiger partial charge >= 0.3 is 0 Å². The van der Waals surface area contributed by atoms with Gasteiger partial charge in [0.25, 0.3) is 0 Å². The van der Waals surface area contributed by atoms with Gasteiger partial charge in [0.15, 0.2) is 0 Å². The molecule has 4 heteroatoms. The Morgan fingerprint density at radius 2 is 2.14 bits per heavy atom. The Kier molecular flexibility index (Phi) is 4.07. The minimum absolute atomic E-state index is 0.643. The molecule has 0 atom stereocenters. The van der Waals surface area contributed by atoms with E-state index in [2.05, 4.69) is 5.32 Å². The Hall–Kier alpha value is -1.42. The molecule has 1 rings (SSSR count). The van der Waals surface area contributed by atoms with Crippen molar-refractivity contribution >= 4 is 11.4 Å². The highest BCUT2D eigenvalue weighted by molar-refractivity contribution is 5.61. The molecular weight excluding hydrogens is 180 g/mol. The van der Waals surface area contributed by atoms with Crippen molar-refractivity contribution < 1.29 is 9.47 Å². The molecule has 0 aromatic heterocycles. The van der Waals surface area contributed by atoms with Gasteiger partial charge in [0, 0.05) is 25.4 Å². The lowest BCUT2D eigenvalue weighted by Crippen LogP contribution is -2.07. The number of rotatable bonds is 5. The van der Waals surface area contributed by atoms with Crippen LogP contribution in [-0.2, 0) is 4.74 Å². The van der Waals surface area contributed by atoms with Crippen LogP contribution in [0, 0.1) is 0 Å². The fourth-order valence-electron chi connectivity index (χ4n) is 1.12. The predicted octanol–water partition coefficient (Wildman–Crippen LogP) is 1.34. The zero-order valence-electron chi connectivity index (χ0n) is 8.54. The Balaban J connectivity index is 2.60. The van der Waals surface area contributed by atoms with Crippen LogP contribution in [-0.4, -0.2) is 27.4 Å². The van der Waals surface area contributed by atoms with E-state index in [0.29, 0.717) is 18.0 Å². The van der Waals surface area contributed by atoms with Gasteiger partial charge in [0.2, 0.25) is 0 Å². The van der Waals surface area contributed by atoms with Crippen LogP contribution in [0.3, 0.4) is 0 Å². The molecule has 0 radical (unpaired) electrons. The van der Waals surface area contributed by atoms with Crippen LogP contribution in [0.2, 0.25) is 0 Å². The maximum atomic E-state index is 5.68. The molecule has 0 aliphatic heterocycles. The second-order valence-corrected chi connectivity index (χ2v) is 2.88. The smallest absolute Gasteiger partial charge is 0.143 e. The van der Waals surface area contributed by atoms with Crippen molar-refractivity contribution in [3.63, 3.8) is 0 Å². The van der Waals surface area contributed by atoms with Gasteiger partial charge < -0.3 is 20.5 Å². The van der Waals surface area contributed by atoms with Gasteiger partial charge in [-0.05, 0) is 12.1 Å². The van der Waals surface area contributed by atoms with E-state index in [1.54, 1.807) is 14.2 Å². The zero-order chi connectivity index (χ0) is 10.4. The number of benzene rings is 1. The number of ether oxygens (including phenoxy) is 2. The second kappa shape index (κ2) is 5.34. The molecule has 0 saturated heterocycles. The summed E-state index contributed by atoms with van der Waals surface area (Å²) in [6.45, 7) is 1.44. The SMILES string of the molecule is COCCNc1ccc(N)c(OC)c1. The monoisotopic (exact) mass is 196 g/mol. The summed E-state index contributed by atoms with van der Waals surface area (Å²) in [6, 6.07) is 5.59. The third-order valence-corrected chi connectivity index (χ3v) is 1.87. The van der Waals surface area contributed by atoms with Crippen molar-refractivity contribution in [1.29, 1.82) is 0 Å². The predicted molar refractivity (Wildman–Crippen MR) is 57.8 cm³/mol. The summed E-state index contributed by atoms with van der Waals surface area (Å²) in [5.74, 6) is 0.687. The number of methoxy groups -OCH3 is 2. The average molecular weight is 196 g/mol. The number of nitrogens with two attached hydrogens (primary N) is 1. The van der Waals surface area contributed by atoms with E-state index < -0.39 is 0 Å². The summed E-state index contributed by atoms with van der Waals surface area (Å²) in [6.07, 6.45) is 0. The summed E-state index contributed by atoms with van der Waals surface area (Å²) >= 11 is 0. The Morgan fingerprint density at radius 3 is 2.79 bits per heavy atom. The number of hydrogen-bond donors (Lipinski definition) is 2. The largest absolute Gasteiger partial charge is 0.495 e. The van der Waals surface area contributed by atoms with Crippen LogP contribution < -0.4 is 15.8 Å². The molecule has 1 aromatic rings. The van der Waals surface area contributed by atoms with Gasteiger partial charge in [-0.1, -0.05) is 0 Å². The molecule has 4 nitrogen and oxygen atoms in total. The Bertz CT molecular complexity index is 289. The maximum Gasteiger partial charge on any atom is 0.143 e. The maximum absolute atomic E-state index is 5.68. The highest BCUT2D eigenvalue weighted by Gasteiger charge is 1.99. The normalized spacial score (nSPS) is 9.86. The van der Waals surface area contributed by atoms with Gasteiger partial charge in [-0.3, -0.25) is 0 Å².